The molecule has 0 saturated carbocycles. The fourth-order valence-corrected chi connectivity index (χ4v) is 1.89. The fourth-order valence-electron chi connectivity index (χ4n) is 1.89. The van der Waals surface area contributed by atoms with E-state index < -0.39 is 5.97 Å². The van der Waals surface area contributed by atoms with Gasteiger partial charge in [0.05, 0.1) is 0 Å². The minimum absolute atomic E-state index is 0.744. The number of aliphatic carboxylic acids is 1. The summed E-state index contributed by atoms with van der Waals surface area (Å²) in [5, 5.41) is 8.63. The zero-order valence-electron chi connectivity index (χ0n) is 10.2. The van der Waals surface area contributed by atoms with E-state index in [1.165, 1.54) is 11.1 Å². The molecular weight excluding hydrogens is 226 g/mol. The quantitative estimate of drug-likeness (QED) is 0.836. The third kappa shape index (κ3) is 3.10. The van der Waals surface area contributed by atoms with Crippen LogP contribution in [0.5, 0.6) is 0 Å². The summed E-state index contributed by atoms with van der Waals surface area (Å²) in [6, 6.07) is 12.1. The molecule has 0 fully saturated rings. The summed E-state index contributed by atoms with van der Waals surface area (Å²) < 4.78 is 2.02. The Bertz CT molecular complexity index is 582. The highest BCUT2D eigenvalue weighted by Gasteiger charge is 2.00. The maximum absolute atomic E-state index is 10.5. The van der Waals surface area contributed by atoms with Gasteiger partial charge in [0.15, 0.2) is 0 Å². The molecule has 0 atom stereocenters. The first-order chi connectivity index (χ1) is 8.65. The maximum atomic E-state index is 10.5. The molecule has 2 aromatic rings. The predicted octanol–water partition coefficient (Wildman–Crippen LogP) is 2.94. The van der Waals surface area contributed by atoms with Crippen LogP contribution in [0.15, 0.2) is 48.7 Å². The van der Waals surface area contributed by atoms with Gasteiger partial charge in [-0.2, -0.15) is 0 Å². The Morgan fingerprint density at radius 3 is 2.89 bits per heavy atom. The van der Waals surface area contributed by atoms with E-state index in [4.69, 9.17) is 5.11 Å². The Morgan fingerprint density at radius 1 is 1.33 bits per heavy atom. The van der Waals surface area contributed by atoms with Gasteiger partial charge in [0, 0.05) is 24.5 Å². The number of carboxylic acid groups (broad SMARTS) is 1. The molecule has 3 nitrogen and oxygen atoms in total. The average molecular weight is 241 g/mol. The molecule has 0 bridgehead atoms. The van der Waals surface area contributed by atoms with Gasteiger partial charge in [-0.3, -0.25) is 0 Å². The van der Waals surface area contributed by atoms with Crippen LogP contribution < -0.4 is 0 Å². The molecule has 0 aliphatic rings. The van der Waals surface area contributed by atoms with Crippen LogP contribution >= 0.6 is 0 Å². The Morgan fingerprint density at radius 2 is 2.17 bits per heavy atom. The first-order valence-electron chi connectivity index (χ1n) is 5.77. The van der Waals surface area contributed by atoms with Crippen LogP contribution in [0.1, 0.15) is 16.8 Å². The third-order valence-corrected chi connectivity index (χ3v) is 2.70. The molecule has 0 aliphatic carbocycles. The smallest absolute Gasteiger partial charge is 0.328 e. The summed E-state index contributed by atoms with van der Waals surface area (Å²) in [4.78, 5) is 10.5. The summed E-state index contributed by atoms with van der Waals surface area (Å²) in [5.74, 6) is -0.932. The lowest BCUT2D eigenvalue weighted by Gasteiger charge is -2.07. The Kier molecular flexibility index (Phi) is 3.63. The van der Waals surface area contributed by atoms with Crippen molar-refractivity contribution in [2.45, 2.75) is 13.5 Å². The van der Waals surface area contributed by atoms with E-state index in [0.717, 1.165) is 18.3 Å². The van der Waals surface area contributed by atoms with Gasteiger partial charge >= 0.3 is 5.97 Å². The summed E-state index contributed by atoms with van der Waals surface area (Å²) in [6.45, 7) is 2.80. The highest BCUT2D eigenvalue weighted by molar-refractivity contribution is 5.84. The Labute approximate surface area is 106 Å². The van der Waals surface area contributed by atoms with Gasteiger partial charge in [-0.05, 0) is 30.7 Å². The molecule has 0 spiro atoms. The minimum Gasteiger partial charge on any atom is -0.478 e. The van der Waals surface area contributed by atoms with E-state index in [1.807, 2.05) is 29.0 Å². The number of hydrogen-bond acceptors (Lipinski definition) is 1. The van der Waals surface area contributed by atoms with E-state index in [9.17, 15) is 4.79 Å². The lowest BCUT2D eigenvalue weighted by molar-refractivity contribution is -0.131. The van der Waals surface area contributed by atoms with Gasteiger partial charge in [0.25, 0.3) is 0 Å². The van der Waals surface area contributed by atoms with Gasteiger partial charge in [0.2, 0.25) is 0 Å². The van der Waals surface area contributed by atoms with Crippen molar-refractivity contribution in [2.24, 2.45) is 0 Å². The number of carbonyl (C=O) groups is 1. The van der Waals surface area contributed by atoms with Crippen LogP contribution in [0.3, 0.4) is 0 Å². The normalized spacial score (nSPS) is 10.9. The van der Waals surface area contributed by atoms with Crippen LogP contribution in [0.4, 0.5) is 0 Å². The van der Waals surface area contributed by atoms with Gasteiger partial charge in [-0.1, -0.05) is 29.8 Å². The third-order valence-electron chi connectivity index (χ3n) is 2.70. The standard InChI is InChI=1S/C15H15NO2/c1-12-4-2-5-13(10-12)11-16-9-3-6-14(16)7-8-15(17)18/h2-10H,11H2,1H3,(H,17,18)/b8-7+. The van der Waals surface area contributed by atoms with Crippen molar-refractivity contribution in [2.75, 3.05) is 0 Å². The van der Waals surface area contributed by atoms with Crippen molar-refractivity contribution >= 4 is 12.0 Å². The first kappa shape index (κ1) is 12.2. The van der Waals surface area contributed by atoms with E-state index in [-0.39, 0.29) is 0 Å². The van der Waals surface area contributed by atoms with Crippen molar-refractivity contribution in [3.63, 3.8) is 0 Å². The summed E-state index contributed by atoms with van der Waals surface area (Å²) in [5.41, 5.74) is 3.32. The van der Waals surface area contributed by atoms with E-state index >= 15 is 0 Å². The fraction of sp³-hybridized carbons (Fsp3) is 0.133. The molecule has 1 N–H and O–H groups in total. The van der Waals surface area contributed by atoms with Gasteiger partial charge in [-0.25, -0.2) is 4.79 Å². The Balaban J connectivity index is 2.20. The lowest BCUT2D eigenvalue weighted by Crippen LogP contribution is -2.00. The van der Waals surface area contributed by atoms with Crippen LogP contribution in [0, 0.1) is 6.92 Å². The molecule has 0 unspecified atom stereocenters. The number of aryl methyl sites for hydroxylation is 1. The van der Waals surface area contributed by atoms with Crippen LogP contribution in [0.2, 0.25) is 0 Å². The molecule has 0 aliphatic heterocycles. The first-order valence-corrected chi connectivity index (χ1v) is 5.77. The lowest BCUT2D eigenvalue weighted by atomic mass is 10.1. The van der Waals surface area contributed by atoms with E-state index in [2.05, 4.69) is 25.1 Å². The van der Waals surface area contributed by atoms with Crippen molar-refractivity contribution < 1.29 is 9.90 Å². The zero-order chi connectivity index (χ0) is 13.0. The molecule has 3 heteroatoms. The highest BCUT2D eigenvalue weighted by atomic mass is 16.4. The minimum atomic E-state index is -0.932. The number of rotatable bonds is 4. The molecule has 92 valence electrons. The Hall–Kier alpha value is -2.29. The monoisotopic (exact) mass is 241 g/mol. The molecule has 0 amide bonds. The number of aromatic nitrogens is 1. The number of nitrogens with zero attached hydrogens (tertiary/aromatic N) is 1. The molecule has 0 radical (unpaired) electrons. The predicted molar refractivity (Wildman–Crippen MR) is 71.4 cm³/mol. The second-order valence-corrected chi connectivity index (χ2v) is 4.22. The summed E-state index contributed by atoms with van der Waals surface area (Å²) in [7, 11) is 0. The van der Waals surface area contributed by atoms with Crippen LogP contribution in [-0.4, -0.2) is 15.6 Å². The molecule has 0 saturated heterocycles. The van der Waals surface area contributed by atoms with E-state index in [1.54, 1.807) is 6.08 Å². The topological polar surface area (TPSA) is 42.2 Å². The van der Waals surface area contributed by atoms with E-state index in [0.29, 0.717) is 0 Å². The largest absolute Gasteiger partial charge is 0.478 e. The zero-order valence-corrected chi connectivity index (χ0v) is 10.2. The maximum Gasteiger partial charge on any atom is 0.328 e. The molecular formula is C15H15NO2. The molecule has 1 aromatic heterocycles. The van der Waals surface area contributed by atoms with Gasteiger partial charge in [0.1, 0.15) is 0 Å². The van der Waals surface area contributed by atoms with Crippen molar-refractivity contribution in [3.8, 4) is 0 Å². The number of benzene rings is 1. The summed E-state index contributed by atoms with van der Waals surface area (Å²) >= 11 is 0. The average Bonchev–Trinajstić information content (AvgIpc) is 2.74. The summed E-state index contributed by atoms with van der Waals surface area (Å²) in [6.07, 6.45) is 4.71. The van der Waals surface area contributed by atoms with Crippen molar-refractivity contribution in [1.29, 1.82) is 0 Å². The second-order valence-electron chi connectivity index (χ2n) is 4.22. The molecule has 18 heavy (non-hydrogen) atoms. The van der Waals surface area contributed by atoms with Crippen molar-refractivity contribution in [1.82, 2.24) is 4.57 Å². The molecule has 1 heterocycles. The number of carboxylic acids is 1. The SMILES string of the molecule is Cc1cccc(Cn2cccc2/C=C/C(=O)O)c1. The van der Waals surface area contributed by atoms with Crippen LogP contribution in [0.25, 0.3) is 6.08 Å². The molecule has 1 aromatic carbocycles. The van der Waals surface area contributed by atoms with Crippen molar-refractivity contribution in [3.05, 3.63) is 65.5 Å². The second kappa shape index (κ2) is 5.36. The van der Waals surface area contributed by atoms with Gasteiger partial charge in [-0.15, -0.1) is 0 Å². The van der Waals surface area contributed by atoms with Crippen LogP contribution in [-0.2, 0) is 11.3 Å². The highest BCUT2D eigenvalue weighted by Crippen LogP contribution is 2.10. The number of hydrogen-bond donors (Lipinski definition) is 1. The molecule has 2 rings (SSSR count). The van der Waals surface area contributed by atoms with Gasteiger partial charge < -0.3 is 9.67 Å².